The maximum Gasteiger partial charge on any atom is 0.339 e. The molecular weight excluding hydrogens is 460 g/mol. The molecule has 9 heteroatoms. The van der Waals surface area contributed by atoms with Crippen molar-refractivity contribution in [3.05, 3.63) is 81.0 Å². The average molecular weight is 485 g/mol. The van der Waals surface area contributed by atoms with Crippen LogP contribution in [0, 0.1) is 21.4 Å². The highest BCUT2D eigenvalue weighted by Crippen LogP contribution is 2.36. The minimum absolute atomic E-state index is 0.0168. The Morgan fingerprint density at radius 2 is 1.94 bits per heavy atom. The quantitative estimate of drug-likeness (QED) is 0.273. The number of pyridine rings is 1. The van der Waals surface area contributed by atoms with Crippen LogP contribution in [0.3, 0.4) is 0 Å². The highest BCUT2D eigenvalue weighted by atomic mass is 16.6. The van der Waals surface area contributed by atoms with Crippen LogP contribution in [0.2, 0.25) is 0 Å². The molecule has 0 aliphatic heterocycles. The smallest absolute Gasteiger partial charge is 0.339 e. The highest BCUT2D eigenvalue weighted by Gasteiger charge is 2.26. The first-order chi connectivity index (χ1) is 17.4. The lowest BCUT2D eigenvalue weighted by molar-refractivity contribution is -0.384. The van der Waals surface area contributed by atoms with Gasteiger partial charge in [0.1, 0.15) is 0 Å². The summed E-state index contributed by atoms with van der Waals surface area (Å²) in [6.45, 7) is -0.158. The van der Waals surface area contributed by atoms with E-state index in [-0.39, 0.29) is 24.6 Å². The Morgan fingerprint density at radius 1 is 1.19 bits per heavy atom. The van der Waals surface area contributed by atoms with Gasteiger partial charge in [0.15, 0.2) is 6.61 Å². The van der Waals surface area contributed by atoms with Crippen molar-refractivity contribution in [2.24, 2.45) is 0 Å². The van der Waals surface area contributed by atoms with Crippen molar-refractivity contribution < 1.29 is 19.2 Å². The maximum atomic E-state index is 13.3. The summed E-state index contributed by atoms with van der Waals surface area (Å²) in [5.74, 6) is -0.979. The second-order valence-electron chi connectivity index (χ2n) is 8.50. The van der Waals surface area contributed by atoms with Gasteiger partial charge >= 0.3 is 5.97 Å². The molecule has 1 aliphatic rings. The van der Waals surface area contributed by atoms with Gasteiger partial charge in [0, 0.05) is 31.1 Å². The fourth-order valence-corrected chi connectivity index (χ4v) is 4.25. The molecule has 1 heterocycles. The summed E-state index contributed by atoms with van der Waals surface area (Å²) in [6.07, 6.45) is 4.30. The Labute approximate surface area is 207 Å². The van der Waals surface area contributed by atoms with Crippen molar-refractivity contribution in [3.63, 3.8) is 0 Å². The number of likely N-dealkylation sites (N-methyl/N-ethyl adjacent to an activating group) is 1. The molecule has 9 nitrogen and oxygen atoms in total. The summed E-state index contributed by atoms with van der Waals surface area (Å²) in [4.78, 5) is 42.4. The molecule has 0 radical (unpaired) electrons. The second-order valence-corrected chi connectivity index (χ2v) is 8.50. The molecule has 2 aromatic carbocycles. The molecule has 0 saturated heterocycles. The number of nitro groups is 1. The van der Waals surface area contributed by atoms with Gasteiger partial charge in [-0.05, 0) is 60.2 Å². The van der Waals surface area contributed by atoms with Gasteiger partial charge in [0.05, 0.1) is 34.2 Å². The van der Waals surface area contributed by atoms with Gasteiger partial charge in [-0.1, -0.05) is 18.2 Å². The number of ether oxygens (including phenoxy) is 1. The number of amides is 1. The van der Waals surface area contributed by atoms with E-state index >= 15 is 0 Å². The predicted molar refractivity (Wildman–Crippen MR) is 134 cm³/mol. The molecule has 0 bridgehead atoms. The van der Waals surface area contributed by atoms with E-state index in [1.807, 2.05) is 36.4 Å². The molecule has 0 atom stereocenters. The van der Waals surface area contributed by atoms with Crippen LogP contribution in [0.25, 0.3) is 22.6 Å². The number of hydrogen-bond donors (Lipinski definition) is 0. The number of rotatable bonds is 7. The fourth-order valence-electron chi connectivity index (χ4n) is 4.25. The van der Waals surface area contributed by atoms with E-state index in [1.165, 1.54) is 17.0 Å². The van der Waals surface area contributed by atoms with Gasteiger partial charge in [-0.15, -0.1) is 0 Å². The first-order valence-corrected chi connectivity index (χ1v) is 11.5. The van der Waals surface area contributed by atoms with Crippen LogP contribution >= 0.6 is 0 Å². The molecule has 182 valence electrons. The average Bonchev–Trinajstić information content (AvgIpc) is 2.89. The maximum absolute atomic E-state index is 13.3. The lowest BCUT2D eigenvalue weighted by atomic mass is 9.86. The number of benzene rings is 2. The van der Waals surface area contributed by atoms with Crippen LogP contribution in [0.15, 0.2) is 48.5 Å². The monoisotopic (exact) mass is 484 g/mol. The van der Waals surface area contributed by atoms with E-state index in [0.717, 1.165) is 29.5 Å². The van der Waals surface area contributed by atoms with E-state index in [9.17, 15) is 19.7 Å². The van der Waals surface area contributed by atoms with Crippen molar-refractivity contribution in [2.45, 2.75) is 25.7 Å². The van der Waals surface area contributed by atoms with E-state index in [4.69, 9.17) is 15.0 Å². The number of aromatic nitrogens is 1. The zero-order chi connectivity index (χ0) is 25.7. The Hall–Kier alpha value is -4.58. The number of para-hydroxylation sites is 1. The third-order valence-corrected chi connectivity index (χ3v) is 6.13. The topological polar surface area (TPSA) is 126 Å². The van der Waals surface area contributed by atoms with Crippen LogP contribution in [-0.4, -0.2) is 46.9 Å². The molecule has 0 N–H and O–H groups in total. The van der Waals surface area contributed by atoms with Crippen LogP contribution in [-0.2, 0) is 16.0 Å². The predicted octanol–water partition coefficient (Wildman–Crippen LogP) is 4.55. The van der Waals surface area contributed by atoms with Crippen molar-refractivity contribution in [1.82, 2.24) is 9.88 Å². The molecule has 0 spiro atoms. The summed E-state index contributed by atoms with van der Waals surface area (Å²) < 4.78 is 5.43. The van der Waals surface area contributed by atoms with Gasteiger partial charge < -0.3 is 9.64 Å². The summed E-state index contributed by atoms with van der Waals surface area (Å²) >= 11 is 0. The SMILES string of the molecule is CN(CCC#N)C(=O)COC(=O)c1c2c(nc3ccccc13)/C(=C/c1ccc([N+](=O)[O-])cc1)CCC2. The van der Waals surface area contributed by atoms with Crippen LogP contribution < -0.4 is 0 Å². The Kier molecular flexibility index (Phi) is 7.35. The van der Waals surface area contributed by atoms with Crippen molar-refractivity contribution in [2.75, 3.05) is 20.2 Å². The summed E-state index contributed by atoms with van der Waals surface area (Å²) in [6, 6.07) is 15.6. The second kappa shape index (κ2) is 10.8. The molecule has 1 amide bonds. The van der Waals surface area contributed by atoms with Gasteiger partial charge in [-0.25, -0.2) is 9.78 Å². The van der Waals surface area contributed by atoms with Gasteiger partial charge in [0.2, 0.25) is 0 Å². The number of allylic oxidation sites excluding steroid dienone is 1. The van der Waals surface area contributed by atoms with Crippen LogP contribution in [0.1, 0.15) is 46.4 Å². The molecule has 3 aromatic rings. The van der Waals surface area contributed by atoms with Crippen molar-refractivity contribution >= 4 is 40.1 Å². The first-order valence-electron chi connectivity index (χ1n) is 11.5. The highest BCUT2D eigenvalue weighted by molar-refractivity contribution is 6.07. The molecule has 1 aromatic heterocycles. The minimum Gasteiger partial charge on any atom is -0.452 e. The molecule has 36 heavy (non-hydrogen) atoms. The lowest BCUT2D eigenvalue weighted by Gasteiger charge is -2.23. The lowest BCUT2D eigenvalue weighted by Crippen LogP contribution is -2.32. The number of fused-ring (bicyclic) bond motifs is 2. The number of carbonyl (C=O) groups is 2. The molecular formula is C27H24N4O5. The van der Waals surface area contributed by atoms with Crippen molar-refractivity contribution in [3.8, 4) is 6.07 Å². The zero-order valence-corrected chi connectivity index (χ0v) is 19.8. The summed E-state index contributed by atoms with van der Waals surface area (Å²) in [7, 11) is 1.56. The standard InChI is InChI=1S/C27H24N4O5/c1-30(15-5-14-28)24(32)17-36-27(33)25-21-7-2-3-9-23(21)29-26-19(6-4-8-22(25)26)16-18-10-12-20(13-11-18)31(34)35/h2-3,7,9-13,16H,4-6,8,15,17H2,1H3/b19-16+. The zero-order valence-electron chi connectivity index (χ0n) is 19.8. The Bertz CT molecular complexity index is 1410. The van der Waals surface area contributed by atoms with Gasteiger partial charge in [-0.3, -0.25) is 14.9 Å². The number of nitriles is 1. The summed E-state index contributed by atoms with van der Waals surface area (Å²) in [5.41, 5.74) is 4.24. The van der Waals surface area contributed by atoms with E-state index in [1.54, 1.807) is 19.2 Å². The first kappa shape index (κ1) is 24.5. The minimum atomic E-state index is -0.594. The van der Waals surface area contributed by atoms with E-state index < -0.39 is 17.5 Å². The number of nitrogens with zero attached hydrogens (tertiary/aromatic N) is 4. The van der Waals surface area contributed by atoms with E-state index in [2.05, 4.69) is 0 Å². The number of carbonyl (C=O) groups excluding carboxylic acids is 2. The normalized spacial score (nSPS) is 13.6. The van der Waals surface area contributed by atoms with Crippen LogP contribution in [0.5, 0.6) is 0 Å². The molecule has 0 unspecified atom stereocenters. The van der Waals surface area contributed by atoms with Gasteiger partial charge in [0.25, 0.3) is 11.6 Å². The number of hydrogen-bond acceptors (Lipinski definition) is 7. The van der Waals surface area contributed by atoms with Crippen LogP contribution in [0.4, 0.5) is 5.69 Å². The van der Waals surface area contributed by atoms with Crippen molar-refractivity contribution in [1.29, 1.82) is 5.26 Å². The van der Waals surface area contributed by atoms with Gasteiger partial charge in [-0.2, -0.15) is 5.26 Å². The fraction of sp³-hybridized carbons (Fsp3) is 0.259. The number of nitro benzene ring substituents is 1. The number of esters is 1. The largest absolute Gasteiger partial charge is 0.452 e. The number of non-ortho nitro benzene ring substituents is 1. The molecule has 4 rings (SSSR count). The molecule has 0 saturated carbocycles. The summed E-state index contributed by atoms with van der Waals surface area (Å²) in [5, 5.41) is 20.3. The Balaban J connectivity index is 1.69. The third-order valence-electron chi connectivity index (χ3n) is 6.13. The third kappa shape index (κ3) is 5.23. The Morgan fingerprint density at radius 3 is 2.67 bits per heavy atom. The van der Waals surface area contributed by atoms with E-state index in [0.29, 0.717) is 28.6 Å². The molecule has 1 aliphatic carbocycles. The molecule has 0 fully saturated rings.